The zero-order chi connectivity index (χ0) is 13.9. The lowest BCUT2D eigenvalue weighted by atomic mass is 9.74. The van der Waals surface area contributed by atoms with Crippen LogP contribution in [0.25, 0.3) is 0 Å². The second-order valence-corrected chi connectivity index (χ2v) is 5.44. The van der Waals surface area contributed by atoms with E-state index in [0.29, 0.717) is 11.0 Å². The third-order valence-corrected chi connectivity index (χ3v) is 4.64. The van der Waals surface area contributed by atoms with Crippen LogP contribution in [0.4, 0.5) is 0 Å². The molecule has 0 bridgehead atoms. The number of piperidine rings is 1. The number of carbonyl (C=O) groups is 1. The number of hydrogen-bond acceptors (Lipinski definition) is 2. The lowest BCUT2D eigenvalue weighted by molar-refractivity contribution is 0.0557. The van der Waals surface area contributed by atoms with Crippen molar-refractivity contribution >= 4 is 5.91 Å². The van der Waals surface area contributed by atoms with Crippen molar-refractivity contribution in [3.63, 3.8) is 0 Å². The Kier molecular flexibility index (Phi) is 4.08. The van der Waals surface area contributed by atoms with Crippen LogP contribution in [0.15, 0.2) is 23.1 Å². The highest BCUT2D eigenvalue weighted by Crippen LogP contribution is 2.38. The fourth-order valence-corrected chi connectivity index (χ4v) is 2.87. The number of amides is 1. The van der Waals surface area contributed by atoms with Crippen molar-refractivity contribution in [1.82, 2.24) is 9.88 Å². The summed E-state index contributed by atoms with van der Waals surface area (Å²) in [4.78, 5) is 27.8. The molecule has 0 atom stereocenters. The predicted molar refractivity (Wildman–Crippen MR) is 75.2 cm³/mol. The number of aromatic nitrogens is 1. The van der Waals surface area contributed by atoms with Crippen LogP contribution in [0.5, 0.6) is 0 Å². The van der Waals surface area contributed by atoms with E-state index in [1.807, 2.05) is 4.90 Å². The van der Waals surface area contributed by atoms with E-state index in [0.717, 1.165) is 25.9 Å². The summed E-state index contributed by atoms with van der Waals surface area (Å²) in [5.41, 5.74) is 0.813. The SMILES string of the molecule is CCC1(CC)CCN(C(=O)c2ccc(=O)[nH]c2)CC1. The van der Waals surface area contributed by atoms with Gasteiger partial charge in [-0.25, -0.2) is 0 Å². The van der Waals surface area contributed by atoms with Crippen LogP contribution in [0, 0.1) is 5.41 Å². The number of aromatic amines is 1. The second-order valence-electron chi connectivity index (χ2n) is 5.44. The molecule has 1 fully saturated rings. The average molecular weight is 262 g/mol. The molecule has 1 aliphatic heterocycles. The zero-order valence-corrected chi connectivity index (χ0v) is 11.7. The Balaban J connectivity index is 2.03. The fraction of sp³-hybridized carbons (Fsp3) is 0.600. The number of carbonyl (C=O) groups excluding carboxylic acids is 1. The molecule has 19 heavy (non-hydrogen) atoms. The summed E-state index contributed by atoms with van der Waals surface area (Å²) in [5, 5.41) is 0. The molecular formula is C15H22N2O2. The van der Waals surface area contributed by atoms with Crippen LogP contribution in [0.3, 0.4) is 0 Å². The Hall–Kier alpha value is -1.58. The molecule has 0 spiro atoms. The molecule has 1 saturated heterocycles. The van der Waals surface area contributed by atoms with Crippen molar-refractivity contribution in [2.45, 2.75) is 39.5 Å². The summed E-state index contributed by atoms with van der Waals surface area (Å²) in [6.45, 7) is 6.12. The Morgan fingerprint density at radius 1 is 1.26 bits per heavy atom. The molecule has 1 aromatic heterocycles. The van der Waals surface area contributed by atoms with Gasteiger partial charge in [-0.15, -0.1) is 0 Å². The van der Waals surface area contributed by atoms with Crippen LogP contribution in [-0.4, -0.2) is 28.9 Å². The monoisotopic (exact) mass is 262 g/mol. The van der Waals surface area contributed by atoms with Gasteiger partial charge in [-0.05, 0) is 24.3 Å². The van der Waals surface area contributed by atoms with E-state index in [1.165, 1.54) is 25.1 Å². The van der Waals surface area contributed by atoms with Crippen molar-refractivity contribution in [1.29, 1.82) is 0 Å². The first kappa shape index (κ1) is 13.8. The molecule has 4 nitrogen and oxygen atoms in total. The van der Waals surface area contributed by atoms with Gasteiger partial charge in [-0.1, -0.05) is 26.7 Å². The topological polar surface area (TPSA) is 53.2 Å². The summed E-state index contributed by atoms with van der Waals surface area (Å²) in [6.07, 6.45) is 6.03. The summed E-state index contributed by atoms with van der Waals surface area (Å²) in [7, 11) is 0. The fourth-order valence-electron chi connectivity index (χ4n) is 2.87. The zero-order valence-electron chi connectivity index (χ0n) is 11.7. The molecule has 0 saturated carbocycles. The van der Waals surface area contributed by atoms with Crippen molar-refractivity contribution in [3.8, 4) is 0 Å². The maximum atomic E-state index is 12.3. The van der Waals surface area contributed by atoms with E-state index in [1.54, 1.807) is 6.07 Å². The molecule has 0 radical (unpaired) electrons. The van der Waals surface area contributed by atoms with Crippen LogP contribution in [0.1, 0.15) is 49.9 Å². The summed E-state index contributed by atoms with van der Waals surface area (Å²) >= 11 is 0. The molecule has 1 aliphatic rings. The van der Waals surface area contributed by atoms with Gasteiger partial charge in [0.05, 0.1) is 5.56 Å². The predicted octanol–water partition coefficient (Wildman–Crippen LogP) is 2.42. The summed E-state index contributed by atoms with van der Waals surface area (Å²) < 4.78 is 0. The van der Waals surface area contributed by atoms with Gasteiger partial charge in [-0.2, -0.15) is 0 Å². The minimum absolute atomic E-state index is 0.0251. The van der Waals surface area contributed by atoms with Crippen LogP contribution >= 0.6 is 0 Å². The maximum Gasteiger partial charge on any atom is 0.255 e. The molecule has 1 N–H and O–H groups in total. The van der Waals surface area contributed by atoms with Gasteiger partial charge in [-0.3, -0.25) is 9.59 Å². The van der Waals surface area contributed by atoms with Gasteiger partial charge in [0.2, 0.25) is 5.56 Å². The van der Waals surface area contributed by atoms with Gasteiger partial charge < -0.3 is 9.88 Å². The molecule has 1 amide bonds. The largest absolute Gasteiger partial charge is 0.339 e. The number of likely N-dealkylation sites (tertiary alicyclic amines) is 1. The third-order valence-electron chi connectivity index (χ3n) is 4.64. The third kappa shape index (κ3) is 2.88. The van der Waals surface area contributed by atoms with E-state index >= 15 is 0 Å². The standard InChI is InChI=1S/C15H22N2O2/c1-3-15(4-2)7-9-17(10-8-15)14(19)12-5-6-13(18)16-11-12/h5-6,11H,3-4,7-10H2,1-2H3,(H,16,18). The lowest BCUT2D eigenvalue weighted by Gasteiger charge is -2.41. The number of nitrogens with zero attached hydrogens (tertiary/aromatic N) is 1. The number of nitrogens with one attached hydrogen (secondary N) is 1. The molecule has 4 heteroatoms. The summed E-state index contributed by atoms with van der Waals surface area (Å²) in [6, 6.07) is 3.00. The number of hydrogen-bond donors (Lipinski definition) is 1. The second kappa shape index (κ2) is 5.59. The molecule has 0 unspecified atom stereocenters. The Bertz CT molecular complexity index is 473. The first-order chi connectivity index (χ1) is 9.10. The minimum Gasteiger partial charge on any atom is -0.339 e. The first-order valence-corrected chi connectivity index (χ1v) is 7.08. The number of pyridine rings is 1. The molecule has 1 aromatic rings. The van der Waals surface area contributed by atoms with Crippen molar-refractivity contribution in [2.24, 2.45) is 5.41 Å². The van der Waals surface area contributed by atoms with Crippen molar-refractivity contribution in [2.75, 3.05) is 13.1 Å². The maximum absolute atomic E-state index is 12.3. The van der Waals surface area contributed by atoms with E-state index in [4.69, 9.17) is 0 Å². The summed E-state index contributed by atoms with van der Waals surface area (Å²) in [5.74, 6) is 0.0251. The number of H-pyrrole nitrogens is 1. The van der Waals surface area contributed by atoms with E-state index in [9.17, 15) is 9.59 Å². The highest BCUT2D eigenvalue weighted by Gasteiger charge is 2.33. The smallest absolute Gasteiger partial charge is 0.255 e. The quantitative estimate of drug-likeness (QED) is 0.909. The van der Waals surface area contributed by atoms with E-state index in [-0.39, 0.29) is 11.5 Å². The van der Waals surface area contributed by atoms with Crippen molar-refractivity contribution < 1.29 is 4.79 Å². The molecule has 0 aromatic carbocycles. The Labute approximate surface area is 113 Å². The van der Waals surface area contributed by atoms with Gasteiger partial charge in [0.25, 0.3) is 5.91 Å². The van der Waals surface area contributed by atoms with Crippen LogP contribution in [0.2, 0.25) is 0 Å². The van der Waals surface area contributed by atoms with Crippen LogP contribution < -0.4 is 5.56 Å². The molecule has 2 heterocycles. The van der Waals surface area contributed by atoms with Gasteiger partial charge in [0.1, 0.15) is 0 Å². The molecule has 104 valence electrons. The van der Waals surface area contributed by atoms with Gasteiger partial charge in [0, 0.05) is 25.4 Å². The molecule has 2 rings (SSSR count). The van der Waals surface area contributed by atoms with Crippen LogP contribution in [-0.2, 0) is 0 Å². The lowest BCUT2D eigenvalue weighted by Crippen LogP contribution is -2.42. The first-order valence-electron chi connectivity index (χ1n) is 7.08. The normalized spacial score (nSPS) is 18.3. The van der Waals surface area contributed by atoms with Crippen molar-refractivity contribution in [3.05, 3.63) is 34.2 Å². The van der Waals surface area contributed by atoms with E-state index in [2.05, 4.69) is 18.8 Å². The molecular weight excluding hydrogens is 240 g/mol. The average Bonchev–Trinajstić information content (AvgIpc) is 2.47. The highest BCUT2D eigenvalue weighted by molar-refractivity contribution is 5.93. The highest BCUT2D eigenvalue weighted by atomic mass is 16.2. The van der Waals surface area contributed by atoms with E-state index < -0.39 is 0 Å². The number of rotatable bonds is 3. The molecule has 0 aliphatic carbocycles. The minimum atomic E-state index is -0.175. The Morgan fingerprint density at radius 2 is 1.89 bits per heavy atom. The van der Waals surface area contributed by atoms with Gasteiger partial charge in [0.15, 0.2) is 0 Å². The Morgan fingerprint density at radius 3 is 2.37 bits per heavy atom. The van der Waals surface area contributed by atoms with Gasteiger partial charge >= 0.3 is 0 Å².